The standard InChI is InChI=1S/C10H9NO6/c1-6(12)17-10-9-7(11(13)14)3-2-4-8(9)15-5-16-10/h2-4,10H,5H2,1H3. The molecule has 0 saturated heterocycles. The summed E-state index contributed by atoms with van der Waals surface area (Å²) in [6, 6.07) is 4.35. The molecule has 0 N–H and O–H groups in total. The number of esters is 1. The van der Waals surface area contributed by atoms with E-state index in [-0.39, 0.29) is 23.8 Å². The van der Waals surface area contributed by atoms with Crippen LogP contribution in [0.2, 0.25) is 0 Å². The lowest BCUT2D eigenvalue weighted by atomic mass is 10.1. The summed E-state index contributed by atoms with van der Waals surface area (Å²) in [5.41, 5.74) is -0.0765. The van der Waals surface area contributed by atoms with Gasteiger partial charge in [-0.1, -0.05) is 6.07 Å². The molecule has 0 amide bonds. The maximum absolute atomic E-state index is 10.9. The minimum atomic E-state index is -1.10. The van der Waals surface area contributed by atoms with Crippen LogP contribution in [0.15, 0.2) is 18.2 Å². The maximum Gasteiger partial charge on any atom is 0.305 e. The summed E-state index contributed by atoms with van der Waals surface area (Å²) < 4.78 is 15.0. The van der Waals surface area contributed by atoms with E-state index < -0.39 is 17.2 Å². The molecular weight excluding hydrogens is 230 g/mol. The molecule has 1 aliphatic rings. The van der Waals surface area contributed by atoms with E-state index in [2.05, 4.69) is 0 Å². The van der Waals surface area contributed by atoms with Gasteiger partial charge >= 0.3 is 5.97 Å². The molecule has 1 aromatic carbocycles. The van der Waals surface area contributed by atoms with E-state index in [1.807, 2.05) is 0 Å². The highest BCUT2D eigenvalue weighted by Gasteiger charge is 2.32. The van der Waals surface area contributed by atoms with Crippen molar-refractivity contribution < 1.29 is 23.9 Å². The number of carbonyl (C=O) groups excluding carboxylic acids is 1. The maximum atomic E-state index is 10.9. The van der Waals surface area contributed by atoms with Crippen molar-refractivity contribution in [2.75, 3.05) is 6.79 Å². The third-order valence-corrected chi connectivity index (χ3v) is 2.18. The molecular formula is C10H9NO6. The molecule has 1 aliphatic heterocycles. The smallest absolute Gasteiger partial charge is 0.305 e. The second-order valence-corrected chi connectivity index (χ2v) is 3.32. The largest absolute Gasteiger partial charge is 0.467 e. The van der Waals surface area contributed by atoms with E-state index in [1.54, 1.807) is 6.07 Å². The molecule has 0 radical (unpaired) electrons. The molecule has 0 bridgehead atoms. The summed E-state index contributed by atoms with van der Waals surface area (Å²) in [5.74, 6) is -0.294. The minimum Gasteiger partial charge on any atom is -0.467 e. The quantitative estimate of drug-likeness (QED) is 0.441. The van der Waals surface area contributed by atoms with Crippen molar-refractivity contribution >= 4 is 11.7 Å². The number of rotatable bonds is 2. The molecule has 17 heavy (non-hydrogen) atoms. The van der Waals surface area contributed by atoms with Gasteiger partial charge in [0, 0.05) is 13.0 Å². The molecule has 2 rings (SSSR count). The molecule has 0 aliphatic carbocycles. The van der Waals surface area contributed by atoms with Crippen molar-refractivity contribution in [3.05, 3.63) is 33.9 Å². The first-order valence-corrected chi connectivity index (χ1v) is 4.78. The van der Waals surface area contributed by atoms with Gasteiger partial charge in [-0.15, -0.1) is 0 Å². The number of carbonyl (C=O) groups is 1. The van der Waals surface area contributed by atoms with Crippen molar-refractivity contribution in [1.82, 2.24) is 0 Å². The fraction of sp³-hybridized carbons (Fsp3) is 0.300. The highest BCUT2D eigenvalue weighted by Crippen LogP contribution is 2.39. The summed E-state index contributed by atoms with van der Waals surface area (Å²) in [6.07, 6.45) is -1.10. The molecule has 7 nitrogen and oxygen atoms in total. The van der Waals surface area contributed by atoms with Gasteiger partial charge in [-0.2, -0.15) is 0 Å². The summed E-state index contributed by atoms with van der Waals surface area (Å²) in [6.45, 7) is 1.08. The van der Waals surface area contributed by atoms with E-state index in [0.29, 0.717) is 0 Å². The fourth-order valence-corrected chi connectivity index (χ4v) is 1.54. The van der Waals surface area contributed by atoms with Gasteiger partial charge in [-0.3, -0.25) is 14.9 Å². The Labute approximate surface area is 96.0 Å². The van der Waals surface area contributed by atoms with Crippen LogP contribution < -0.4 is 4.74 Å². The Morgan fingerprint density at radius 1 is 1.59 bits per heavy atom. The van der Waals surface area contributed by atoms with Crippen molar-refractivity contribution in [3.63, 3.8) is 0 Å². The molecule has 1 atom stereocenters. The van der Waals surface area contributed by atoms with Gasteiger partial charge in [-0.25, -0.2) is 0 Å². The molecule has 1 heterocycles. The number of ether oxygens (including phenoxy) is 3. The Bertz CT molecular complexity index is 472. The SMILES string of the molecule is CC(=O)OC1OCOc2cccc([N+](=O)[O-])c21. The van der Waals surface area contributed by atoms with Crippen LogP contribution in [0.1, 0.15) is 18.8 Å². The van der Waals surface area contributed by atoms with E-state index >= 15 is 0 Å². The first-order valence-electron chi connectivity index (χ1n) is 4.78. The summed E-state index contributed by atoms with van der Waals surface area (Å²) in [5, 5.41) is 10.9. The van der Waals surface area contributed by atoms with Crippen LogP contribution >= 0.6 is 0 Å². The van der Waals surface area contributed by atoms with E-state index in [0.717, 1.165) is 0 Å². The van der Waals surface area contributed by atoms with Crippen LogP contribution in [0, 0.1) is 10.1 Å². The van der Waals surface area contributed by atoms with Crippen LogP contribution in [-0.4, -0.2) is 17.7 Å². The zero-order chi connectivity index (χ0) is 12.4. The molecule has 1 unspecified atom stereocenters. The molecule has 0 saturated carbocycles. The Hall–Kier alpha value is -2.15. The minimum absolute atomic E-state index is 0.119. The van der Waals surface area contributed by atoms with Crippen LogP contribution in [0.5, 0.6) is 5.75 Å². The summed E-state index contributed by atoms with van der Waals surface area (Å²) in [4.78, 5) is 21.2. The van der Waals surface area contributed by atoms with E-state index in [4.69, 9.17) is 14.2 Å². The third-order valence-electron chi connectivity index (χ3n) is 2.18. The second kappa shape index (κ2) is 4.38. The zero-order valence-corrected chi connectivity index (χ0v) is 8.91. The highest BCUT2D eigenvalue weighted by atomic mass is 16.8. The number of nitro groups is 1. The highest BCUT2D eigenvalue weighted by molar-refractivity contribution is 5.66. The van der Waals surface area contributed by atoms with Gasteiger partial charge < -0.3 is 14.2 Å². The average Bonchev–Trinajstić information content (AvgIpc) is 2.27. The molecule has 0 fully saturated rings. The molecule has 0 spiro atoms. The Kier molecular flexibility index (Phi) is 2.92. The lowest BCUT2D eigenvalue weighted by Crippen LogP contribution is -2.22. The van der Waals surface area contributed by atoms with Crippen molar-refractivity contribution in [2.45, 2.75) is 13.2 Å². The monoisotopic (exact) mass is 239 g/mol. The Morgan fingerprint density at radius 2 is 2.35 bits per heavy atom. The van der Waals surface area contributed by atoms with Crippen LogP contribution in [-0.2, 0) is 14.3 Å². The van der Waals surface area contributed by atoms with Gasteiger partial charge in [0.25, 0.3) is 5.69 Å². The lowest BCUT2D eigenvalue weighted by Gasteiger charge is -2.24. The lowest BCUT2D eigenvalue weighted by molar-refractivity contribution is -0.387. The molecule has 90 valence electrons. The fourth-order valence-electron chi connectivity index (χ4n) is 1.54. The van der Waals surface area contributed by atoms with Crippen LogP contribution in [0.25, 0.3) is 0 Å². The average molecular weight is 239 g/mol. The van der Waals surface area contributed by atoms with Gasteiger partial charge in [0.1, 0.15) is 11.3 Å². The van der Waals surface area contributed by atoms with Gasteiger partial charge in [0.2, 0.25) is 6.29 Å². The second-order valence-electron chi connectivity index (χ2n) is 3.32. The molecule has 1 aromatic rings. The van der Waals surface area contributed by atoms with Crippen LogP contribution in [0.4, 0.5) is 5.69 Å². The topological polar surface area (TPSA) is 87.9 Å². The first-order chi connectivity index (χ1) is 8.09. The van der Waals surface area contributed by atoms with Crippen LogP contribution in [0.3, 0.4) is 0 Å². The Balaban J connectivity index is 2.46. The molecule has 7 heteroatoms. The van der Waals surface area contributed by atoms with Crippen molar-refractivity contribution in [3.8, 4) is 5.75 Å². The van der Waals surface area contributed by atoms with E-state index in [1.165, 1.54) is 19.1 Å². The number of hydrogen-bond donors (Lipinski definition) is 0. The van der Waals surface area contributed by atoms with Gasteiger partial charge in [-0.05, 0) is 6.07 Å². The predicted molar refractivity (Wildman–Crippen MR) is 54.2 cm³/mol. The van der Waals surface area contributed by atoms with Gasteiger partial charge in [0.05, 0.1) is 4.92 Å². The number of nitro benzene ring substituents is 1. The van der Waals surface area contributed by atoms with Crippen molar-refractivity contribution in [1.29, 1.82) is 0 Å². The number of nitrogens with zero attached hydrogens (tertiary/aromatic N) is 1. The number of fused-ring (bicyclic) bond motifs is 1. The Morgan fingerprint density at radius 3 is 3.00 bits per heavy atom. The zero-order valence-electron chi connectivity index (χ0n) is 8.91. The third kappa shape index (κ3) is 2.18. The summed E-state index contributed by atoms with van der Waals surface area (Å²) in [7, 11) is 0. The van der Waals surface area contributed by atoms with Crippen molar-refractivity contribution in [2.24, 2.45) is 0 Å². The summed E-state index contributed by atoms with van der Waals surface area (Å²) >= 11 is 0. The number of hydrogen-bond acceptors (Lipinski definition) is 6. The first kappa shape index (κ1) is 11.3. The predicted octanol–water partition coefficient (Wildman–Crippen LogP) is 1.52. The van der Waals surface area contributed by atoms with E-state index in [9.17, 15) is 14.9 Å². The normalized spacial score (nSPS) is 17.8. The van der Waals surface area contributed by atoms with Gasteiger partial charge in [0.15, 0.2) is 6.79 Å². The number of benzene rings is 1. The molecule has 0 aromatic heterocycles.